The van der Waals surface area contributed by atoms with Crippen LogP contribution in [0.25, 0.3) is 0 Å². The predicted molar refractivity (Wildman–Crippen MR) is 108 cm³/mol. The highest BCUT2D eigenvalue weighted by molar-refractivity contribution is 5.78. The first-order valence-electron chi connectivity index (χ1n) is 10.9. The second-order valence-electron chi connectivity index (χ2n) is 10.1. The van der Waals surface area contributed by atoms with Crippen LogP contribution in [0.1, 0.15) is 91.9 Å². The molecule has 0 aliphatic carbocycles. The van der Waals surface area contributed by atoms with Gasteiger partial charge in [-0.1, -0.05) is 40.5 Å². The van der Waals surface area contributed by atoms with E-state index >= 15 is 0 Å². The summed E-state index contributed by atoms with van der Waals surface area (Å²) < 4.78 is 10.2. The van der Waals surface area contributed by atoms with E-state index in [9.17, 15) is 14.4 Å². The maximum Gasteiger partial charge on any atom is 0.306 e. The van der Waals surface area contributed by atoms with E-state index in [0.717, 1.165) is 38.5 Å². The van der Waals surface area contributed by atoms with Crippen molar-refractivity contribution in [3.05, 3.63) is 0 Å². The Hall–Kier alpha value is -1.39. The molecule has 5 heteroatoms. The molecule has 0 aromatic carbocycles. The number of unbranched alkanes of at least 4 members (excludes halogenated alkanes) is 2. The van der Waals surface area contributed by atoms with Gasteiger partial charge in [-0.15, -0.1) is 0 Å². The molecule has 28 heavy (non-hydrogen) atoms. The molecule has 5 nitrogen and oxygen atoms in total. The van der Waals surface area contributed by atoms with E-state index < -0.39 is 0 Å². The van der Waals surface area contributed by atoms with Gasteiger partial charge in [0, 0.05) is 24.7 Å². The van der Waals surface area contributed by atoms with Gasteiger partial charge in [-0.2, -0.15) is 0 Å². The second-order valence-corrected chi connectivity index (χ2v) is 10.1. The molecular weight excluding hydrogens is 356 g/mol. The van der Waals surface area contributed by atoms with E-state index in [2.05, 4.69) is 27.7 Å². The lowest BCUT2D eigenvalue weighted by atomic mass is 9.74. The van der Waals surface area contributed by atoms with Crippen molar-refractivity contribution in [2.75, 3.05) is 13.2 Å². The van der Waals surface area contributed by atoms with Crippen LogP contribution in [0.3, 0.4) is 0 Å². The third-order valence-corrected chi connectivity index (χ3v) is 6.98. The van der Waals surface area contributed by atoms with E-state index in [1.165, 1.54) is 0 Å². The second kappa shape index (κ2) is 9.89. The van der Waals surface area contributed by atoms with Crippen LogP contribution >= 0.6 is 0 Å². The van der Waals surface area contributed by atoms with Gasteiger partial charge in [0.25, 0.3) is 0 Å². The smallest absolute Gasteiger partial charge is 0.306 e. The van der Waals surface area contributed by atoms with Crippen LogP contribution in [-0.2, 0) is 23.9 Å². The third kappa shape index (κ3) is 6.89. The number of hydrogen-bond donors (Lipinski definition) is 0. The van der Waals surface area contributed by atoms with E-state index in [-0.39, 0.29) is 22.8 Å². The SMILES string of the molecule is CC(C)(CCCCC(=O)CCCCC(C)(C)C1COC(=O)C1)C1COC(=O)C1. The summed E-state index contributed by atoms with van der Waals surface area (Å²) >= 11 is 0. The molecule has 2 saturated heterocycles. The molecular formula is C23H38O5. The van der Waals surface area contributed by atoms with Crippen LogP contribution in [0.5, 0.6) is 0 Å². The fraction of sp³-hybridized carbons (Fsp3) is 0.870. The summed E-state index contributed by atoms with van der Waals surface area (Å²) in [5.74, 6) is 0.806. The number of ether oxygens (including phenoxy) is 2. The molecule has 2 aliphatic heterocycles. The van der Waals surface area contributed by atoms with E-state index in [1.54, 1.807) is 0 Å². The summed E-state index contributed by atoms with van der Waals surface area (Å²) in [4.78, 5) is 34.8. The summed E-state index contributed by atoms with van der Waals surface area (Å²) in [6.45, 7) is 9.89. The van der Waals surface area contributed by atoms with Crippen LogP contribution in [-0.4, -0.2) is 30.9 Å². The van der Waals surface area contributed by atoms with Gasteiger partial charge in [0.05, 0.1) is 26.1 Å². The Bertz CT molecular complexity index is 515. The van der Waals surface area contributed by atoms with Crippen molar-refractivity contribution >= 4 is 17.7 Å². The number of esters is 2. The number of ketones is 1. The minimum absolute atomic E-state index is 0.0801. The largest absolute Gasteiger partial charge is 0.465 e. The highest BCUT2D eigenvalue weighted by Gasteiger charge is 2.37. The Morgan fingerprint density at radius 3 is 1.50 bits per heavy atom. The monoisotopic (exact) mass is 394 g/mol. The van der Waals surface area contributed by atoms with Crippen molar-refractivity contribution in [2.24, 2.45) is 22.7 Å². The van der Waals surface area contributed by atoms with Crippen molar-refractivity contribution in [3.8, 4) is 0 Å². The van der Waals surface area contributed by atoms with E-state index in [4.69, 9.17) is 9.47 Å². The Balaban J connectivity index is 1.54. The summed E-state index contributed by atoms with van der Waals surface area (Å²) in [5, 5.41) is 0. The first-order valence-corrected chi connectivity index (χ1v) is 10.9. The maximum absolute atomic E-state index is 12.2. The lowest BCUT2D eigenvalue weighted by Crippen LogP contribution is -2.24. The first kappa shape index (κ1) is 22.9. The average molecular weight is 395 g/mol. The Morgan fingerprint density at radius 2 is 1.18 bits per heavy atom. The zero-order valence-electron chi connectivity index (χ0n) is 18.2. The Labute approximate surface area is 169 Å². The van der Waals surface area contributed by atoms with Gasteiger partial charge in [-0.05, 0) is 36.5 Å². The first-order chi connectivity index (χ1) is 13.1. The molecule has 160 valence electrons. The number of hydrogen-bond acceptors (Lipinski definition) is 5. The van der Waals surface area contributed by atoms with Gasteiger partial charge in [-0.25, -0.2) is 0 Å². The van der Waals surface area contributed by atoms with Crippen molar-refractivity contribution < 1.29 is 23.9 Å². The van der Waals surface area contributed by atoms with E-state index in [1.807, 2.05) is 0 Å². The molecule has 0 saturated carbocycles. The number of Topliss-reactive ketones (excluding diaryl/α,β-unsaturated/α-hetero) is 1. The van der Waals surface area contributed by atoms with Crippen LogP contribution in [0.15, 0.2) is 0 Å². The lowest BCUT2D eigenvalue weighted by Gasteiger charge is -2.29. The zero-order chi connectivity index (χ0) is 20.8. The molecule has 0 aromatic heterocycles. The van der Waals surface area contributed by atoms with Crippen molar-refractivity contribution in [1.29, 1.82) is 0 Å². The van der Waals surface area contributed by atoms with Crippen LogP contribution in [0.2, 0.25) is 0 Å². The molecule has 0 bridgehead atoms. The molecule has 2 fully saturated rings. The molecule has 0 N–H and O–H groups in total. The quantitative estimate of drug-likeness (QED) is 0.349. The summed E-state index contributed by atoms with van der Waals surface area (Å²) in [6.07, 6.45) is 8.32. The molecule has 0 amide bonds. The van der Waals surface area contributed by atoms with Crippen molar-refractivity contribution in [2.45, 2.75) is 91.9 Å². The summed E-state index contributed by atoms with van der Waals surface area (Å²) in [6, 6.07) is 0. The number of carbonyl (C=O) groups is 3. The van der Waals surface area contributed by atoms with E-state index in [0.29, 0.717) is 56.5 Å². The van der Waals surface area contributed by atoms with Crippen LogP contribution in [0, 0.1) is 22.7 Å². The van der Waals surface area contributed by atoms with Crippen molar-refractivity contribution in [3.63, 3.8) is 0 Å². The number of cyclic esters (lactones) is 2. The molecule has 2 aliphatic rings. The lowest BCUT2D eigenvalue weighted by molar-refractivity contribution is -0.138. The maximum atomic E-state index is 12.2. The average Bonchev–Trinajstić information content (AvgIpc) is 3.25. The molecule has 0 radical (unpaired) electrons. The topological polar surface area (TPSA) is 69.7 Å². The highest BCUT2D eigenvalue weighted by Crippen LogP contribution is 2.39. The fourth-order valence-electron chi connectivity index (χ4n) is 4.37. The number of carbonyl (C=O) groups excluding carboxylic acids is 3. The molecule has 2 rings (SSSR count). The normalized spacial score (nSPS) is 23.0. The molecule has 2 heterocycles. The molecule has 2 unspecified atom stereocenters. The Kier molecular flexibility index (Phi) is 8.08. The summed E-state index contributed by atoms with van der Waals surface area (Å²) in [5.41, 5.74) is 0.179. The van der Waals surface area contributed by atoms with Gasteiger partial charge >= 0.3 is 11.9 Å². The van der Waals surface area contributed by atoms with Gasteiger partial charge in [0.15, 0.2) is 0 Å². The molecule has 0 aromatic rings. The van der Waals surface area contributed by atoms with Gasteiger partial charge in [0.1, 0.15) is 5.78 Å². The minimum atomic E-state index is -0.0801. The number of rotatable bonds is 12. The Morgan fingerprint density at radius 1 is 0.786 bits per heavy atom. The molecule has 2 atom stereocenters. The zero-order valence-corrected chi connectivity index (χ0v) is 18.2. The van der Waals surface area contributed by atoms with Crippen molar-refractivity contribution in [1.82, 2.24) is 0 Å². The summed E-state index contributed by atoms with van der Waals surface area (Å²) in [7, 11) is 0. The third-order valence-electron chi connectivity index (χ3n) is 6.98. The minimum Gasteiger partial charge on any atom is -0.465 e. The van der Waals surface area contributed by atoms with Crippen LogP contribution in [0.4, 0.5) is 0 Å². The van der Waals surface area contributed by atoms with Gasteiger partial charge in [0.2, 0.25) is 0 Å². The molecule has 0 spiro atoms. The highest BCUT2D eigenvalue weighted by atomic mass is 16.5. The van der Waals surface area contributed by atoms with Gasteiger partial charge < -0.3 is 9.47 Å². The van der Waals surface area contributed by atoms with Crippen LogP contribution < -0.4 is 0 Å². The fourth-order valence-corrected chi connectivity index (χ4v) is 4.37. The van der Waals surface area contributed by atoms with Gasteiger partial charge in [-0.3, -0.25) is 14.4 Å². The predicted octanol–water partition coefficient (Wildman–Crippen LogP) is 4.85. The standard InChI is InChI=1S/C23H38O5/c1-22(2,17-13-20(25)27-15-17)11-7-5-9-19(24)10-6-8-12-23(3,4)18-14-21(26)28-16-18/h17-18H,5-16H2,1-4H3.